The number of halogens is 6. The summed E-state index contributed by atoms with van der Waals surface area (Å²) in [6.07, 6.45) is -9.96. The molecule has 12 heteroatoms. The molecular weight excluding hydrogens is 518 g/mol. The van der Waals surface area contributed by atoms with Gasteiger partial charge >= 0.3 is 18.4 Å². The van der Waals surface area contributed by atoms with Gasteiger partial charge in [-0.05, 0) is 56.4 Å². The number of nitrogens with zero attached hydrogens (tertiary/aromatic N) is 2. The molecule has 0 N–H and O–H groups in total. The molecule has 3 rings (SSSR count). The summed E-state index contributed by atoms with van der Waals surface area (Å²) >= 11 is 0. The van der Waals surface area contributed by atoms with Crippen LogP contribution in [0.4, 0.5) is 36.8 Å². The van der Waals surface area contributed by atoms with Crippen LogP contribution in [0.3, 0.4) is 0 Å². The van der Waals surface area contributed by atoms with Crippen LogP contribution >= 0.6 is 0 Å². The van der Waals surface area contributed by atoms with Gasteiger partial charge in [-0.2, -0.15) is 26.3 Å². The number of rotatable bonds is 5. The largest absolute Gasteiger partial charge is 0.497 e. The Morgan fingerprint density at radius 1 is 1.16 bits per heavy atom. The number of fused-ring (bicyclic) bond motifs is 1. The standard InChI is InChI=1S/C26H30F6N2O4/c1-15(2)38-24(36)33-9-5-6-22(21-8-7-20(37-4)13-23(21)33)34(16(3)35)14-17-10-18(25(27,28)29)12-19(11-17)26(30,31)32/h7-8,10,12-13,15,19,22H,5-6,9,11,14H2,1-4H3. The van der Waals surface area contributed by atoms with Crippen molar-refractivity contribution in [1.29, 1.82) is 0 Å². The molecule has 0 fully saturated rings. The minimum atomic E-state index is -4.97. The van der Waals surface area contributed by atoms with Gasteiger partial charge in [-0.25, -0.2) is 4.79 Å². The van der Waals surface area contributed by atoms with Crippen LogP contribution in [0.1, 0.15) is 51.6 Å². The molecule has 1 aromatic rings. The lowest BCUT2D eigenvalue weighted by Gasteiger charge is -2.34. The lowest BCUT2D eigenvalue weighted by molar-refractivity contribution is -0.162. The van der Waals surface area contributed by atoms with Crippen LogP contribution in [0.5, 0.6) is 5.75 Å². The molecule has 210 valence electrons. The van der Waals surface area contributed by atoms with Crippen molar-refractivity contribution < 1.29 is 45.4 Å². The average molecular weight is 549 g/mol. The highest BCUT2D eigenvalue weighted by Gasteiger charge is 2.44. The van der Waals surface area contributed by atoms with Crippen LogP contribution in [0.25, 0.3) is 0 Å². The van der Waals surface area contributed by atoms with Crippen LogP contribution in [0.15, 0.2) is 41.5 Å². The van der Waals surface area contributed by atoms with Crippen molar-refractivity contribution in [3.05, 3.63) is 47.1 Å². The highest BCUT2D eigenvalue weighted by Crippen LogP contribution is 2.43. The van der Waals surface area contributed by atoms with Gasteiger partial charge in [0.25, 0.3) is 0 Å². The number of allylic oxidation sites excluding steroid dienone is 3. The zero-order valence-electron chi connectivity index (χ0n) is 21.4. The van der Waals surface area contributed by atoms with E-state index in [4.69, 9.17) is 9.47 Å². The molecule has 6 nitrogen and oxygen atoms in total. The molecule has 38 heavy (non-hydrogen) atoms. The Kier molecular flexibility index (Phi) is 8.72. The molecule has 0 bridgehead atoms. The summed E-state index contributed by atoms with van der Waals surface area (Å²) in [5.41, 5.74) is -0.647. The molecule has 0 spiro atoms. The molecule has 0 saturated heterocycles. The van der Waals surface area contributed by atoms with Crippen LogP contribution in [0.2, 0.25) is 0 Å². The fourth-order valence-corrected chi connectivity index (χ4v) is 4.70. The zero-order chi connectivity index (χ0) is 28.4. The molecule has 2 unspecified atom stereocenters. The Balaban J connectivity index is 2.03. The summed E-state index contributed by atoms with van der Waals surface area (Å²) in [4.78, 5) is 28.3. The Hall–Kier alpha value is -3.18. The Morgan fingerprint density at radius 3 is 2.39 bits per heavy atom. The van der Waals surface area contributed by atoms with Crippen molar-refractivity contribution in [2.75, 3.05) is 25.1 Å². The second-order valence-electron chi connectivity index (χ2n) is 9.59. The van der Waals surface area contributed by atoms with Crippen molar-refractivity contribution in [3.8, 4) is 5.75 Å². The predicted octanol–water partition coefficient (Wildman–Crippen LogP) is 6.73. The molecular formula is C26H30F6N2O4. The molecule has 2 amide bonds. The van der Waals surface area contributed by atoms with Gasteiger partial charge in [-0.1, -0.05) is 12.1 Å². The summed E-state index contributed by atoms with van der Waals surface area (Å²) in [5.74, 6) is -2.42. The highest BCUT2D eigenvalue weighted by atomic mass is 19.4. The van der Waals surface area contributed by atoms with E-state index in [1.54, 1.807) is 32.0 Å². The smallest absolute Gasteiger partial charge is 0.416 e. The van der Waals surface area contributed by atoms with Gasteiger partial charge in [0.1, 0.15) is 5.75 Å². The van der Waals surface area contributed by atoms with E-state index in [0.29, 0.717) is 35.9 Å². The third-order valence-electron chi connectivity index (χ3n) is 6.43. The van der Waals surface area contributed by atoms with Gasteiger partial charge < -0.3 is 14.4 Å². The van der Waals surface area contributed by atoms with E-state index in [0.717, 1.165) is 0 Å². The van der Waals surface area contributed by atoms with Crippen LogP contribution in [-0.2, 0) is 9.53 Å². The first kappa shape index (κ1) is 29.4. The SMILES string of the molecule is COc1ccc2c(c1)N(C(=O)OC(C)C)CCCC2N(CC1=CC(C(F)(F)F)=CC(C(F)(F)F)C1)C(C)=O. The number of carbonyl (C=O) groups excluding carboxylic acids is 2. The van der Waals surface area contributed by atoms with Crippen molar-refractivity contribution >= 4 is 17.7 Å². The quantitative estimate of drug-likeness (QED) is 0.383. The number of carbonyl (C=O) groups is 2. The maximum Gasteiger partial charge on any atom is 0.416 e. The van der Waals surface area contributed by atoms with Gasteiger partial charge in [-0.15, -0.1) is 0 Å². The number of alkyl halides is 6. The number of methoxy groups -OCH3 is 1. The molecule has 1 aliphatic heterocycles. The maximum atomic E-state index is 13.5. The Morgan fingerprint density at radius 2 is 1.84 bits per heavy atom. The number of amides is 2. The van der Waals surface area contributed by atoms with Gasteiger partial charge in [0, 0.05) is 26.1 Å². The third kappa shape index (κ3) is 6.82. The minimum absolute atomic E-state index is 0.160. The third-order valence-corrected chi connectivity index (χ3v) is 6.43. The lowest BCUT2D eigenvalue weighted by Crippen LogP contribution is -2.37. The molecule has 1 aromatic carbocycles. The number of hydrogen-bond acceptors (Lipinski definition) is 4. The lowest BCUT2D eigenvalue weighted by atomic mass is 9.88. The highest BCUT2D eigenvalue weighted by molar-refractivity contribution is 5.89. The summed E-state index contributed by atoms with van der Waals surface area (Å²) < 4.78 is 91.4. The normalized spacial score (nSPS) is 20.2. The molecule has 1 aliphatic carbocycles. The van der Waals surface area contributed by atoms with E-state index in [1.807, 2.05) is 0 Å². The monoisotopic (exact) mass is 548 g/mol. The Labute approximate surface area is 216 Å². The topological polar surface area (TPSA) is 59.1 Å². The van der Waals surface area contributed by atoms with E-state index in [2.05, 4.69) is 0 Å². The summed E-state index contributed by atoms with van der Waals surface area (Å²) in [6.45, 7) is 4.40. The van der Waals surface area contributed by atoms with Gasteiger partial charge in [-0.3, -0.25) is 9.69 Å². The van der Waals surface area contributed by atoms with E-state index in [-0.39, 0.29) is 18.2 Å². The number of ether oxygens (including phenoxy) is 2. The number of benzene rings is 1. The molecule has 1 heterocycles. The zero-order valence-corrected chi connectivity index (χ0v) is 21.4. The molecule has 2 atom stereocenters. The van der Waals surface area contributed by atoms with Crippen molar-refractivity contribution in [2.45, 2.75) is 64.5 Å². The van der Waals surface area contributed by atoms with E-state index < -0.39 is 61.0 Å². The van der Waals surface area contributed by atoms with Crippen molar-refractivity contribution in [1.82, 2.24) is 4.90 Å². The second kappa shape index (κ2) is 11.3. The minimum Gasteiger partial charge on any atom is -0.497 e. The summed E-state index contributed by atoms with van der Waals surface area (Å²) in [6, 6.07) is 4.14. The van der Waals surface area contributed by atoms with E-state index in [9.17, 15) is 35.9 Å². The van der Waals surface area contributed by atoms with Gasteiger partial charge in [0.15, 0.2) is 0 Å². The maximum absolute atomic E-state index is 13.5. The van der Waals surface area contributed by atoms with E-state index >= 15 is 0 Å². The predicted molar refractivity (Wildman–Crippen MR) is 128 cm³/mol. The summed E-state index contributed by atoms with van der Waals surface area (Å²) in [5, 5.41) is 0. The first-order valence-electron chi connectivity index (χ1n) is 12.1. The molecule has 2 aliphatic rings. The number of hydrogen-bond donors (Lipinski definition) is 0. The molecule has 0 aromatic heterocycles. The van der Waals surface area contributed by atoms with Gasteiger partial charge in [0.2, 0.25) is 5.91 Å². The number of anilines is 1. The van der Waals surface area contributed by atoms with Crippen LogP contribution < -0.4 is 9.64 Å². The van der Waals surface area contributed by atoms with E-state index in [1.165, 1.54) is 23.8 Å². The van der Waals surface area contributed by atoms with Crippen LogP contribution in [0, 0.1) is 5.92 Å². The average Bonchev–Trinajstić information content (AvgIpc) is 2.99. The van der Waals surface area contributed by atoms with Gasteiger partial charge in [0.05, 0.1) is 36.4 Å². The van der Waals surface area contributed by atoms with Crippen molar-refractivity contribution in [3.63, 3.8) is 0 Å². The Bertz CT molecular complexity index is 1110. The molecule has 0 radical (unpaired) electrons. The van der Waals surface area contributed by atoms with Crippen LogP contribution in [-0.4, -0.2) is 55.6 Å². The summed E-state index contributed by atoms with van der Waals surface area (Å²) in [7, 11) is 1.44. The fraction of sp³-hybridized carbons (Fsp3) is 0.538. The first-order valence-corrected chi connectivity index (χ1v) is 12.1. The first-order chi connectivity index (χ1) is 17.6. The fourth-order valence-electron chi connectivity index (χ4n) is 4.70. The second-order valence-corrected chi connectivity index (χ2v) is 9.59. The van der Waals surface area contributed by atoms with Crippen molar-refractivity contribution in [2.24, 2.45) is 5.92 Å². The molecule has 0 saturated carbocycles.